The van der Waals surface area contributed by atoms with E-state index in [9.17, 15) is 9.59 Å². The minimum absolute atomic E-state index is 0.0164. The van der Waals surface area contributed by atoms with E-state index < -0.39 is 0 Å². The number of carbonyl (C=O) groups excluding carboxylic acids is 1. The van der Waals surface area contributed by atoms with E-state index in [4.69, 9.17) is 4.98 Å². The molecule has 2 atom stereocenters. The van der Waals surface area contributed by atoms with E-state index in [-0.39, 0.29) is 11.5 Å². The Kier molecular flexibility index (Phi) is 6.75. The lowest BCUT2D eigenvalue weighted by molar-refractivity contribution is -0.130. The van der Waals surface area contributed by atoms with Crippen LogP contribution in [0.5, 0.6) is 0 Å². The third-order valence-electron chi connectivity index (χ3n) is 6.46. The molecule has 1 aliphatic rings. The maximum Gasteiger partial charge on any atom is 0.272 e. The molecule has 7 heteroatoms. The Hall–Kier alpha value is -2.64. The topological polar surface area (TPSA) is 55.2 Å². The van der Waals surface area contributed by atoms with Crippen LogP contribution in [-0.4, -0.2) is 39.2 Å². The number of fused-ring (bicyclic) bond motifs is 3. The van der Waals surface area contributed by atoms with E-state index in [0.717, 1.165) is 35.1 Å². The van der Waals surface area contributed by atoms with Gasteiger partial charge in [-0.25, -0.2) is 4.98 Å². The summed E-state index contributed by atoms with van der Waals surface area (Å²) in [5.74, 6) is 1.47. The first-order chi connectivity index (χ1) is 16.5. The number of nitrogens with zero attached hydrogens (tertiary/aromatic N) is 3. The summed E-state index contributed by atoms with van der Waals surface area (Å²) in [6, 6.07) is 18.2. The largest absolute Gasteiger partial charge is 0.341 e. The van der Waals surface area contributed by atoms with Crippen molar-refractivity contribution in [3.05, 3.63) is 70.5 Å². The van der Waals surface area contributed by atoms with Crippen molar-refractivity contribution in [1.29, 1.82) is 0 Å². The van der Waals surface area contributed by atoms with Crippen LogP contribution < -0.4 is 5.56 Å². The monoisotopic (exact) mass is 491 g/mol. The van der Waals surface area contributed by atoms with Crippen molar-refractivity contribution in [1.82, 2.24) is 14.5 Å². The normalized spacial score (nSPS) is 18.6. The second kappa shape index (κ2) is 9.92. The third kappa shape index (κ3) is 4.77. The fourth-order valence-electron chi connectivity index (χ4n) is 4.93. The average molecular weight is 492 g/mol. The summed E-state index contributed by atoms with van der Waals surface area (Å²) in [4.78, 5) is 33.6. The van der Waals surface area contributed by atoms with E-state index in [1.54, 1.807) is 4.57 Å². The van der Waals surface area contributed by atoms with Crippen LogP contribution in [0.3, 0.4) is 0 Å². The standard InChI is InChI=1S/C27H29N3O2S2/c1-18-14-19(2)16-29(15-18)23(31)17-33-27-28-24-21-10-6-7-11-22(21)34-25(24)26(32)30(27)13-12-20-8-4-3-5-9-20/h3-11,18-19H,12-17H2,1-2H3/t18-,19+. The maximum atomic E-state index is 13.6. The van der Waals surface area contributed by atoms with Crippen LogP contribution in [0.1, 0.15) is 25.8 Å². The highest BCUT2D eigenvalue weighted by Crippen LogP contribution is 2.32. The van der Waals surface area contributed by atoms with Gasteiger partial charge in [0.15, 0.2) is 5.16 Å². The first-order valence-corrected chi connectivity index (χ1v) is 13.7. The number of thioether (sulfide) groups is 1. The van der Waals surface area contributed by atoms with Crippen molar-refractivity contribution in [3.63, 3.8) is 0 Å². The summed E-state index contributed by atoms with van der Waals surface area (Å²) in [6.07, 6.45) is 1.90. The lowest BCUT2D eigenvalue weighted by atomic mass is 9.92. The van der Waals surface area contributed by atoms with Gasteiger partial charge < -0.3 is 4.90 Å². The minimum atomic E-state index is -0.0164. The van der Waals surface area contributed by atoms with Crippen LogP contribution in [0.4, 0.5) is 0 Å². The van der Waals surface area contributed by atoms with Crippen molar-refractivity contribution in [2.45, 2.75) is 38.4 Å². The number of hydrogen-bond acceptors (Lipinski definition) is 5. The molecule has 0 N–H and O–H groups in total. The molecule has 0 bridgehead atoms. The molecule has 0 saturated carbocycles. The fraction of sp³-hybridized carbons (Fsp3) is 0.370. The average Bonchev–Trinajstić information content (AvgIpc) is 3.21. The van der Waals surface area contributed by atoms with Crippen LogP contribution in [0.2, 0.25) is 0 Å². The number of piperidine rings is 1. The predicted octanol–water partition coefficient (Wildman–Crippen LogP) is 5.45. The summed E-state index contributed by atoms with van der Waals surface area (Å²) >= 11 is 2.89. The number of hydrogen-bond donors (Lipinski definition) is 0. The summed E-state index contributed by atoms with van der Waals surface area (Å²) in [6.45, 7) is 6.58. The number of thiophene rings is 1. The molecule has 5 rings (SSSR count). The SMILES string of the molecule is C[C@@H]1C[C@H](C)CN(C(=O)CSc2nc3c(sc4ccccc43)c(=O)n2CCc2ccccc2)C1. The van der Waals surface area contributed by atoms with Gasteiger partial charge in [0.1, 0.15) is 4.70 Å². The number of amides is 1. The van der Waals surface area contributed by atoms with Gasteiger partial charge in [-0.2, -0.15) is 0 Å². The highest BCUT2D eigenvalue weighted by molar-refractivity contribution is 7.99. The predicted molar refractivity (Wildman–Crippen MR) is 142 cm³/mol. The molecule has 34 heavy (non-hydrogen) atoms. The Morgan fingerprint density at radius 1 is 1.06 bits per heavy atom. The van der Waals surface area contributed by atoms with Crippen molar-refractivity contribution in [2.24, 2.45) is 11.8 Å². The first-order valence-electron chi connectivity index (χ1n) is 11.9. The highest BCUT2D eigenvalue weighted by Gasteiger charge is 2.26. The quantitative estimate of drug-likeness (QED) is 0.266. The van der Waals surface area contributed by atoms with Crippen LogP contribution in [-0.2, 0) is 17.8 Å². The Labute approximate surface area is 207 Å². The van der Waals surface area contributed by atoms with Crippen LogP contribution >= 0.6 is 23.1 Å². The van der Waals surface area contributed by atoms with Crippen LogP contribution in [0, 0.1) is 11.8 Å². The second-order valence-electron chi connectivity index (χ2n) is 9.40. The van der Waals surface area contributed by atoms with Crippen LogP contribution in [0.15, 0.2) is 64.5 Å². The number of aryl methyl sites for hydroxylation is 1. The van der Waals surface area contributed by atoms with E-state index in [2.05, 4.69) is 26.0 Å². The zero-order valence-electron chi connectivity index (χ0n) is 19.6. The van der Waals surface area contributed by atoms with Gasteiger partial charge in [-0.1, -0.05) is 74.1 Å². The van der Waals surface area contributed by atoms with Gasteiger partial charge in [0, 0.05) is 29.7 Å². The first kappa shape index (κ1) is 23.1. The molecular weight excluding hydrogens is 462 g/mol. The molecule has 3 heterocycles. The minimum Gasteiger partial charge on any atom is -0.341 e. The molecule has 1 amide bonds. The molecule has 1 aliphatic heterocycles. The van der Waals surface area contributed by atoms with Gasteiger partial charge in [-0.05, 0) is 36.3 Å². The molecule has 1 saturated heterocycles. The van der Waals surface area contributed by atoms with Gasteiger partial charge in [0.25, 0.3) is 5.56 Å². The molecule has 4 aromatic rings. The van der Waals surface area contributed by atoms with E-state index >= 15 is 0 Å². The third-order valence-corrected chi connectivity index (χ3v) is 8.57. The molecule has 5 nitrogen and oxygen atoms in total. The van der Waals surface area contributed by atoms with Gasteiger partial charge >= 0.3 is 0 Å². The van der Waals surface area contributed by atoms with E-state index in [0.29, 0.717) is 34.0 Å². The molecular formula is C27H29N3O2S2. The molecule has 0 spiro atoms. The van der Waals surface area contributed by atoms with Crippen LogP contribution in [0.25, 0.3) is 20.3 Å². The van der Waals surface area contributed by atoms with E-state index in [1.165, 1.54) is 35.1 Å². The maximum absolute atomic E-state index is 13.6. The molecule has 2 aromatic carbocycles. The second-order valence-corrected chi connectivity index (χ2v) is 11.4. The Bertz CT molecular complexity index is 1370. The fourth-order valence-corrected chi connectivity index (χ4v) is 6.94. The Morgan fingerprint density at radius 3 is 2.53 bits per heavy atom. The number of carbonyl (C=O) groups is 1. The highest BCUT2D eigenvalue weighted by atomic mass is 32.2. The number of rotatable bonds is 6. The lowest BCUT2D eigenvalue weighted by Gasteiger charge is -2.35. The van der Waals surface area contributed by atoms with Crippen molar-refractivity contribution in [2.75, 3.05) is 18.8 Å². The van der Waals surface area contributed by atoms with Gasteiger partial charge in [-0.15, -0.1) is 11.3 Å². The Morgan fingerprint density at radius 2 is 1.76 bits per heavy atom. The van der Waals surface area contributed by atoms with Crippen molar-refractivity contribution < 1.29 is 4.79 Å². The van der Waals surface area contributed by atoms with Gasteiger partial charge in [0.05, 0.1) is 11.3 Å². The Balaban J connectivity index is 1.47. The van der Waals surface area contributed by atoms with E-state index in [1.807, 2.05) is 47.4 Å². The number of likely N-dealkylation sites (tertiary alicyclic amines) is 1. The molecule has 0 unspecified atom stereocenters. The van der Waals surface area contributed by atoms with Gasteiger partial charge in [-0.3, -0.25) is 14.2 Å². The molecule has 1 fully saturated rings. The van der Waals surface area contributed by atoms with Crippen molar-refractivity contribution >= 4 is 49.3 Å². The lowest BCUT2D eigenvalue weighted by Crippen LogP contribution is -2.43. The zero-order valence-corrected chi connectivity index (χ0v) is 21.2. The molecule has 0 radical (unpaired) electrons. The summed E-state index contributed by atoms with van der Waals surface area (Å²) in [5.41, 5.74) is 1.91. The zero-order chi connectivity index (χ0) is 23.7. The molecule has 176 valence electrons. The summed E-state index contributed by atoms with van der Waals surface area (Å²) < 4.78 is 3.51. The summed E-state index contributed by atoms with van der Waals surface area (Å²) in [5, 5.41) is 1.63. The van der Waals surface area contributed by atoms with Crippen molar-refractivity contribution in [3.8, 4) is 0 Å². The summed E-state index contributed by atoms with van der Waals surface area (Å²) in [7, 11) is 0. The molecule has 2 aromatic heterocycles. The smallest absolute Gasteiger partial charge is 0.272 e. The molecule has 0 aliphatic carbocycles. The number of benzene rings is 2. The van der Waals surface area contributed by atoms with Gasteiger partial charge in [0.2, 0.25) is 5.91 Å². The number of aromatic nitrogens is 2.